The molecular weight excluding hydrogens is 222 g/mol. The van der Waals surface area contributed by atoms with E-state index in [1.807, 2.05) is 30.3 Å². The highest BCUT2D eigenvalue weighted by Gasteiger charge is 2.22. The van der Waals surface area contributed by atoms with E-state index < -0.39 is 6.10 Å². The second-order valence-corrected chi connectivity index (χ2v) is 3.67. The van der Waals surface area contributed by atoms with Crippen LogP contribution in [0.2, 0.25) is 0 Å². The molecule has 1 aliphatic rings. The average Bonchev–Trinajstić information content (AvgIpc) is 2.41. The van der Waals surface area contributed by atoms with E-state index in [1.165, 1.54) is 0 Å². The van der Waals surface area contributed by atoms with Gasteiger partial charge in [-0.25, -0.2) is 5.48 Å². The number of ether oxygens (including phenoxy) is 2. The topological polar surface area (TPSA) is 56.8 Å². The van der Waals surface area contributed by atoms with Crippen molar-refractivity contribution in [2.45, 2.75) is 12.7 Å². The third-order valence-electron chi connectivity index (χ3n) is 2.36. The lowest BCUT2D eigenvalue weighted by atomic mass is 10.2. The number of hydrogen-bond acceptors (Lipinski definition) is 4. The highest BCUT2D eigenvalue weighted by molar-refractivity contribution is 5.79. The van der Waals surface area contributed by atoms with Crippen LogP contribution in [0.3, 0.4) is 0 Å². The SMILES string of the molecule is O=C(NOCc1ccccc1)C1COCCO1. The minimum atomic E-state index is -0.570. The first-order chi connectivity index (χ1) is 8.36. The summed E-state index contributed by atoms with van der Waals surface area (Å²) in [5.74, 6) is -0.305. The van der Waals surface area contributed by atoms with Gasteiger partial charge >= 0.3 is 0 Å². The van der Waals surface area contributed by atoms with Crippen LogP contribution in [0, 0.1) is 0 Å². The molecule has 0 bridgehead atoms. The van der Waals surface area contributed by atoms with Gasteiger partial charge in [0.1, 0.15) is 0 Å². The fourth-order valence-corrected chi connectivity index (χ4v) is 1.47. The third kappa shape index (κ3) is 3.81. The van der Waals surface area contributed by atoms with E-state index in [1.54, 1.807) is 0 Å². The fourth-order valence-electron chi connectivity index (χ4n) is 1.47. The lowest BCUT2D eigenvalue weighted by Gasteiger charge is -2.21. The van der Waals surface area contributed by atoms with Gasteiger partial charge in [-0.1, -0.05) is 30.3 Å². The van der Waals surface area contributed by atoms with E-state index in [0.29, 0.717) is 19.8 Å². The minimum absolute atomic E-state index is 0.278. The maximum atomic E-state index is 11.5. The summed E-state index contributed by atoms with van der Waals surface area (Å²) in [6.45, 7) is 1.59. The van der Waals surface area contributed by atoms with Crippen LogP contribution in [0.25, 0.3) is 0 Å². The van der Waals surface area contributed by atoms with Crippen molar-refractivity contribution in [3.63, 3.8) is 0 Å². The van der Waals surface area contributed by atoms with Gasteiger partial charge in [0.15, 0.2) is 6.10 Å². The van der Waals surface area contributed by atoms with Crippen LogP contribution in [-0.4, -0.2) is 31.8 Å². The maximum absolute atomic E-state index is 11.5. The number of hydrogen-bond donors (Lipinski definition) is 1. The van der Waals surface area contributed by atoms with Crippen molar-refractivity contribution in [1.29, 1.82) is 0 Å². The van der Waals surface area contributed by atoms with Gasteiger partial charge in [0.25, 0.3) is 5.91 Å². The minimum Gasteiger partial charge on any atom is -0.376 e. The molecule has 0 aliphatic carbocycles. The van der Waals surface area contributed by atoms with Gasteiger partial charge in [0, 0.05) is 0 Å². The Morgan fingerprint density at radius 2 is 2.18 bits per heavy atom. The van der Waals surface area contributed by atoms with E-state index in [2.05, 4.69) is 5.48 Å². The molecule has 1 aromatic rings. The Kier molecular flexibility index (Phi) is 4.49. The van der Waals surface area contributed by atoms with Crippen molar-refractivity contribution in [2.24, 2.45) is 0 Å². The smallest absolute Gasteiger partial charge is 0.275 e. The highest BCUT2D eigenvalue weighted by atomic mass is 16.7. The second-order valence-electron chi connectivity index (χ2n) is 3.67. The summed E-state index contributed by atoms with van der Waals surface area (Å²) < 4.78 is 10.4. The number of hydroxylamine groups is 1. The normalized spacial score (nSPS) is 19.9. The van der Waals surface area contributed by atoms with Crippen LogP contribution in [0.4, 0.5) is 0 Å². The molecule has 0 radical (unpaired) electrons. The van der Waals surface area contributed by atoms with E-state index >= 15 is 0 Å². The number of amides is 1. The maximum Gasteiger partial charge on any atom is 0.275 e. The highest BCUT2D eigenvalue weighted by Crippen LogP contribution is 2.02. The molecule has 1 amide bonds. The van der Waals surface area contributed by atoms with Gasteiger partial charge in [-0.2, -0.15) is 0 Å². The summed E-state index contributed by atoms with van der Waals surface area (Å²) >= 11 is 0. The predicted molar refractivity (Wildman–Crippen MR) is 59.9 cm³/mol. The van der Waals surface area contributed by atoms with E-state index in [4.69, 9.17) is 14.3 Å². The Labute approximate surface area is 99.6 Å². The van der Waals surface area contributed by atoms with E-state index in [9.17, 15) is 4.79 Å². The Balaban J connectivity index is 1.69. The molecule has 0 aromatic heterocycles. The quantitative estimate of drug-likeness (QED) is 0.781. The first kappa shape index (κ1) is 12.0. The number of rotatable bonds is 4. The zero-order valence-corrected chi connectivity index (χ0v) is 9.43. The van der Waals surface area contributed by atoms with Crippen molar-refractivity contribution >= 4 is 5.91 Å². The molecule has 2 rings (SSSR count). The van der Waals surface area contributed by atoms with Crippen LogP contribution in [0.5, 0.6) is 0 Å². The molecule has 1 aromatic carbocycles. The molecule has 1 N–H and O–H groups in total. The number of carbonyl (C=O) groups excluding carboxylic acids is 1. The van der Waals surface area contributed by atoms with Crippen LogP contribution in [0.1, 0.15) is 5.56 Å². The Bertz CT molecular complexity index is 349. The third-order valence-corrected chi connectivity index (χ3v) is 2.36. The van der Waals surface area contributed by atoms with Crippen molar-refractivity contribution < 1.29 is 19.1 Å². The molecule has 0 spiro atoms. The molecule has 17 heavy (non-hydrogen) atoms. The number of carbonyl (C=O) groups is 1. The van der Waals surface area contributed by atoms with E-state index in [0.717, 1.165) is 5.56 Å². The molecule has 5 heteroatoms. The van der Waals surface area contributed by atoms with Crippen molar-refractivity contribution in [2.75, 3.05) is 19.8 Å². The van der Waals surface area contributed by atoms with Gasteiger partial charge in [-0.3, -0.25) is 9.63 Å². The lowest BCUT2D eigenvalue weighted by Crippen LogP contribution is -2.42. The number of benzene rings is 1. The summed E-state index contributed by atoms with van der Waals surface area (Å²) in [4.78, 5) is 16.6. The molecule has 0 saturated carbocycles. The monoisotopic (exact) mass is 237 g/mol. The van der Waals surface area contributed by atoms with Gasteiger partial charge in [0.2, 0.25) is 0 Å². The molecule has 1 aliphatic heterocycles. The van der Waals surface area contributed by atoms with Crippen LogP contribution in [-0.2, 0) is 25.7 Å². The Hall–Kier alpha value is -1.43. The summed E-state index contributed by atoms with van der Waals surface area (Å²) in [6.07, 6.45) is -0.570. The summed E-state index contributed by atoms with van der Waals surface area (Å²) in [5, 5.41) is 0. The summed E-state index contributed by atoms with van der Waals surface area (Å²) in [7, 11) is 0. The first-order valence-electron chi connectivity index (χ1n) is 5.51. The first-order valence-corrected chi connectivity index (χ1v) is 5.51. The fraction of sp³-hybridized carbons (Fsp3) is 0.417. The zero-order chi connectivity index (χ0) is 11.9. The molecular formula is C12H15NO4. The van der Waals surface area contributed by atoms with Crippen molar-refractivity contribution in [3.8, 4) is 0 Å². The lowest BCUT2D eigenvalue weighted by molar-refractivity contribution is -0.160. The largest absolute Gasteiger partial charge is 0.376 e. The average molecular weight is 237 g/mol. The van der Waals surface area contributed by atoms with Gasteiger partial charge in [0.05, 0.1) is 26.4 Å². The molecule has 1 fully saturated rings. The van der Waals surface area contributed by atoms with Gasteiger partial charge in [-0.05, 0) is 5.56 Å². The van der Waals surface area contributed by atoms with Gasteiger partial charge < -0.3 is 9.47 Å². The molecule has 5 nitrogen and oxygen atoms in total. The molecule has 1 atom stereocenters. The van der Waals surface area contributed by atoms with Crippen LogP contribution >= 0.6 is 0 Å². The summed E-state index contributed by atoms with van der Waals surface area (Å²) in [5.41, 5.74) is 3.35. The predicted octanol–water partition coefficient (Wildman–Crippen LogP) is 0.650. The van der Waals surface area contributed by atoms with E-state index in [-0.39, 0.29) is 12.5 Å². The standard InChI is InChI=1S/C12H15NO4/c14-12(11-9-15-6-7-16-11)13-17-8-10-4-2-1-3-5-10/h1-5,11H,6-9H2,(H,13,14). The second kappa shape index (κ2) is 6.34. The van der Waals surface area contributed by atoms with Gasteiger partial charge in [-0.15, -0.1) is 0 Å². The Morgan fingerprint density at radius 1 is 1.35 bits per heavy atom. The van der Waals surface area contributed by atoms with Crippen LogP contribution in [0.15, 0.2) is 30.3 Å². The molecule has 92 valence electrons. The Morgan fingerprint density at radius 3 is 2.88 bits per heavy atom. The summed E-state index contributed by atoms with van der Waals surface area (Å²) in [6, 6.07) is 9.60. The molecule has 1 unspecified atom stereocenters. The molecule has 1 saturated heterocycles. The van der Waals surface area contributed by atoms with Crippen molar-refractivity contribution in [3.05, 3.63) is 35.9 Å². The number of nitrogens with one attached hydrogen (secondary N) is 1. The molecule has 1 heterocycles. The zero-order valence-electron chi connectivity index (χ0n) is 9.43. The van der Waals surface area contributed by atoms with Crippen LogP contribution < -0.4 is 5.48 Å². The van der Waals surface area contributed by atoms with Crippen molar-refractivity contribution in [1.82, 2.24) is 5.48 Å².